The molecule has 4 heterocycles. The first-order chi connectivity index (χ1) is 11.2. The third-order valence-electron chi connectivity index (χ3n) is 5.34. The smallest absolute Gasteiger partial charge is 0.229 e. The van der Waals surface area contributed by atoms with Gasteiger partial charge in [0, 0.05) is 64.2 Å². The monoisotopic (exact) mass is 317 g/mol. The molecule has 0 saturated carbocycles. The standard InChI is InChI=1S/C16H23N5O2/c22-14-4-5-15(23)21(14)13-3-2-12-10-20(9-8-19(12)11-13)16-17-6-1-7-18-16/h6,12-13H,1-5,7-11H2/t12-,13-/m0/s1. The maximum absolute atomic E-state index is 11.9. The Kier molecular flexibility index (Phi) is 3.88. The van der Waals surface area contributed by atoms with Gasteiger partial charge in [0.25, 0.3) is 0 Å². The number of rotatable bonds is 1. The van der Waals surface area contributed by atoms with Crippen molar-refractivity contribution in [3.05, 3.63) is 0 Å². The van der Waals surface area contributed by atoms with Crippen LogP contribution in [0.4, 0.5) is 0 Å². The van der Waals surface area contributed by atoms with Gasteiger partial charge in [-0.2, -0.15) is 0 Å². The van der Waals surface area contributed by atoms with Crippen LogP contribution < -0.4 is 0 Å². The Labute approximate surface area is 136 Å². The third kappa shape index (κ3) is 2.78. The summed E-state index contributed by atoms with van der Waals surface area (Å²) in [5.41, 5.74) is 0. The summed E-state index contributed by atoms with van der Waals surface area (Å²) in [6.07, 6.45) is 5.62. The Bertz CT molecular complexity index is 557. The molecule has 4 rings (SSSR count). The van der Waals surface area contributed by atoms with Crippen LogP contribution in [0.5, 0.6) is 0 Å². The Balaban J connectivity index is 1.39. The topological polar surface area (TPSA) is 68.6 Å². The van der Waals surface area contributed by atoms with Gasteiger partial charge < -0.3 is 4.90 Å². The quantitative estimate of drug-likeness (QED) is 0.644. The summed E-state index contributed by atoms with van der Waals surface area (Å²) in [5, 5.41) is 0. The van der Waals surface area contributed by atoms with E-state index in [2.05, 4.69) is 19.8 Å². The predicted octanol–water partition coefficient (Wildman–Crippen LogP) is 0.115. The largest absolute Gasteiger partial charge is 0.338 e. The molecule has 7 nitrogen and oxygen atoms in total. The van der Waals surface area contributed by atoms with Crippen molar-refractivity contribution < 1.29 is 9.59 Å². The molecule has 124 valence electrons. The minimum Gasteiger partial charge on any atom is -0.338 e. The number of amides is 2. The maximum atomic E-state index is 11.9. The number of hydrogen-bond donors (Lipinski definition) is 0. The van der Waals surface area contributed by atoms with Gasteiger partial charge in [-0.1, -0.05) is 0 Å². The number of piperidine rings is 1. The highest BCUT2D eigenvalue weighted by Gasteiger charge is 2.41. The number of aliphatic imine (C=N–C) groups is 2. The molecule has 7 heteroatoms. The number of likely N-dealkylation sites (tertiary alicyclic amines) is 1. The van der Waals surface area contributed by atoms with Crippen LogP contribution in [0.25, 0.3) is 0 Å². The van der Waals surface area contributed by atoms with Crippen LogP contribution in [0.1, 0.15) is 32.1 Å². The number of nitrogens with zero attached hydrogens (tertiary/aromatic N) is 5. The summed E-state index contributed by atoms with van der Waals surface area (Å²) in [6, 6.07) is 0.554. The number of carbonyl (C=O) groups is 2. The van der Waals surface area contributed by atoms with E-state index >= 15 is 0 Å². The van der Waals surface area contributed by atoms with E-state index in [1.165, 1.54) is 4.90 Å². The fourth-order valence-corrected chi connectivity index (χ4v) is 4.14. The van der Waals surface area contributed by atoms with Crippen LogP contribution in [0.15, 0.2) is 9.98 Å². The number of piperazine rings is 1. The minimum absolute atomic E-state index is 0.0167. The molecule has 0 unspecified atom stereocenters. The maximum Gasteiger partial charge on any atom is 0.229 e. The van der Waals surface area contributed by atoms with Crippen molar-refractivity contribution in [1.82, 2.24) is 14.7 Å². The van der Waals surface area contributed by atoms with Gasteiger partial charge in [0.05, 0.1) is 6.04 Å². The van der Waals surface area contributed by atoms with Crippen molar-refractivity contribution in [3.63, 3.8) is 0 Å². The second kappa shape index (κ2) is 6.03. The second-order valence-corrected chi connectivity index (χ2v) is 6.77. The minimum atomic E-state index is 0.0167. The molecule has 0 aromatic rings. The van der Waals surface area contributed by atoms with Gasteiger partial charge in [0.2, 0.25) is 17.8 Å². The molecule has 4 aliphatic heterocycles. The second-order valence-electron chi connectivity index (χ2n) is 6.77. The van der Waals surface area contributed by atoms with E-state index in [0.717, 1.165) is 57.9 Å². The molecule has 3 fully saturated rings. The number of carbonyl (C=O) groups excluding carboxylic acids is 2. The highest BCUT2D eigenvalue weighted by molar-refractivity contribution is 6.02. The van der Waals surface area contributed by atoms with E-state index in [-0.39, 0.29) is 17.9 Å². The molecule has 0 aromatic carbocycles. The Morgan fingerprint density at radius 1 is 1.00 bits per heavy atom. The number of guanidine groups is 1. The molecule has 23 heavy (non-hydrogen) atoms. The van der Waals surface area contributed by atoms with Crippen LogP contribution in [0, 0.1) is 0 Å². The lowest BCUT2D eigenvalue weighted by Gasteiger charge is -2.47. The fourth-order valence-electron chi connectivity index (χ4n) is 4.14. The molecule has 0 spiro atoms. The summed E-state index contributed by atoms with van der Waals surface area (Å²) in [6.45, 7) is 4.48. The van der Waals surface area contributed by atoms with Gasteiger partial charge >= 0.3 is 0 Å². The highest BCUT2D eigenvalue weighted by atomic mass is 16.2. The zero-order valence-corrected chi connectivity index (χ0v) is 13.4. The molecule has 2 atom stereocenters. The molecular weight excluding hydrogens is 294 g/mol. The lowest BCUT2D eigenvalue weighted by molar-refractivity contribution is -0.143. The average molecular weight is 317 g/mol. The lowest BCUT2D eigenvalue weighted by atomic mass is 9.95. The van der Waals surface area contributed by atoms with Crippen molar-refractivity contribution in [2.24, 2.45) is 9.98 Å². The number of fused-ring (bicyclic) bond motifs is 1. The van der Waals surface area contributed by atoms with Crippen LogP contribution >= 0.6 is 0 Å². The summed E-state index contributed by atoms with van der Waals surface area (Å²) < 4.78 is 0. The summed E-state index contributed by atoms with van der Waals surface area (Å²) >= 11 is 0. The Morgan fingerprint density at radius 2 is 1.78 bits per heavy atom. The van der Waals surface area contributed by atoms with Gasteiger partial charge in [-0.25, -0.2) is 4.99 Å². The van der Waals surface area contributed by atoms with Crippen molar-refractivity contribution in [3.8, 4) is 0 Å². The van der Waals surface area contributed by atoms with Gasteiger partial charge in [0.15, 0.2) is 0 Å². The third-order valence-corrected chi connectivity index (χ3v) is 5.34. The van der Waals surface area contributed by atoms with Gasteiger partial charge in [0.1, 0.15) is 0 Å². The molecular formula is C16H23N5O2. The molecule has 0 radical (unpaired) electrons. The molecule has 0 N–H and O–H groups in total. The first kappa shape index (κ1) is 14.8. The number of hydrogen-bond acceptors (Lipinski definition) is 6. The van der Waals surface area contributed by atoms with E-state index < -0.39 is 0 Å². The van der Waals surface area contributed by atoms with Crippen LogP contribution in [-0.4, -0.2) is 83.5 Å². The van der Waals surface area contributed by atoms with E-state index in [9.17, 15) is 9.59 Å². The lowest BCUT2D eigenvalue weighted by Crippen LogP contribution is -2.61. The average Bonchev–Trinajstić information content (AvgIpc) is 2.93. The first-order valence-corrected chi connectivity index (χ1v) is 8.63. The van der Waals surface area contributed by atoms with Gasteiger partial charge in [-0.05, 0) is 12.8 Å². The van der Waals surface area contributed by atoms with Gasteiger partial charge in [-0.3, -0.25) is 24.4 Å². The summed E-state index contributed by atoms with van der Waals surface area (Å²) in [5.74, 6) is 0.911. The number of imide groups is 1. The van der Waals surface area contributed by atoms with Crippen LogP contribution in [-0.2, 0) is 9.59 Å². The molecule has 3 saturated heterocycles. The summed E-state index contributed by atoms with van der Waals surface area (Å²) in [4.78, 5) is 39.1. The van der Waals surface area contributed by atoms with Crippen LogP contribution in [0.3, 0.4) is 0 Å². The fraction of sp³-hybridized carbons (Fsp3) is 0.750. The van der Waals surface area contributed by atoms with Crippen molar-refractivity contribution in [2.45, 2.75) is 44.2 Å². The van der Waals surface area contributed by atoms with E-state index in [4.69, 9.17) is 0 Å². The SMILES string of the molecule is O=C1CCC(=O)N1[C@H]1CC[C@H]2CN(C3=NCCC=N3)CCN2C1. The zero-order chi connectivity index (χ0) is 15.8. The molecule has 2 amide bonds. The molecule has 0 aromatic heterocycles. The highest BCUT2D eigenvalue weighted by Crippen LogP contribution is 2.27. The van der Waals surface area contributed by atoms with Crippen molar-refractivity contribution in [2.75, 3.05) is 32.7 Å². The molecule has 0 aliphatic carbocycles. The first-order valence-electron chi connectivity index (χ1n) is 8.63. The molecule has 4 aliphatic rings. The van der Waals surface area contributed by atoms with E-state index in [0.29, 0.717) is 18.9 Å². The normalized spacial score (nSPS) is 32.3. The van der Waals surface area contributed by atoms with E-state index in [1.807, 2.05) is 6.21 Å². The predicted molar refractivity (Wildman–Crippen MR) is 86.5 cm³/mol. The summed E-state index contributed by atoms with van der Waals surface area (Å²) in [7, 11) is 0. The Hall–Kier alpha value is -1.76. The van der Waals surface area contributed by atoms with Crippen molar-refractivity contribution >= 4 is 24.0 Å². The molecule has 0 bridgehead atoms. The van der Waals surface area contributed by atoms with Gasteiger partial charge in [-0.15, -0.1) is 0 Å². The van der Waals surface area contributed by atoms with Crippen LogP contribution in [0.2, 0.25) is 0 Å². The Morgan fingerprint density at radius 3 is 2.52 bits per heavy atom. The van der Waals surface area contributed by atoms with E-state index in [1.54, 1.807) is 0 Å². The zero-order valence-electron chi connectivity index (χ0n) is 13.4. The van der Waals surface area contributed by atoms with Crippen molar-refractivity contribution in [1.29, 1.82) is 0 Å².